The molecular formula is C18H12BrI. The zero-order valence-corrected chi connectivity index (χ0v) is 14.4. The second-order valence-electron chi connectivity index (χ2n) is 4.52. The smallest absolute Gasteiger partial charge is 0.0393 e. The van der Waals surface area contributed by atoms with Crippen LogP contribution in [0.2, 0.25) is 0 Å². The van der Waals surface area contributed by atoms with Gasteiger partial charge in [0.1, 0.15) is 0 Å². The summed E-state index contributed by atoms with van der Waals surface area (Å²) >= 11 is 6.17. The maximum atomic E-state index is 3.76. The molecule has 98 valence electrons. The van der Waals surface area contributed by atoms with Gasteiger partial charge >= 0.3 is 0 Å². The van der Waals surface area contributed by atoms with Crippen molar-refractivity contribution in [1.82, 2.24) is 0 Å². The molecule has 0 unspecified atom stereocenters. The second kappa shape index (κ2) is 6.10. The van der Waals surface area contributed by atoms with Crippen molar-refractivity contribution in [1.29, 1.82) is 0 Å². The maximum absolute atomic E-state index is 3.76. The highest BCUT2D eigenvalue weighted by Crippen LogP contribution is 2.37. The first-order valence-electron chi connectivity index (χ1n) is 6.36. The van der Waals surface area contributed by atoms with Crippen molar-refractivity contribution in [3.63, 3.8) is 0 Å². The third-order valence-electron chi connectivity index (χ3n) is 3.25. The molecule has 0 nitrogen and oxygen atoms in total. The number of rotatable bonds is 2. The summed E-state index contributed by atoms with van der Waals surface area (Å²) in [5.41, 5.74) is 4.97. The number of benzene rings is 3. The van der Waals surface area contributed by atoms with E-state index in [0.29, 0.717) is 0 Å². The summed E-state index contributed by atoms with van der Waals surface area (Å²) in [6.07, 6.45) is 0. The molecule has 3 rings (SSSR count). The Hall–Kier alpha value is -1.13. The zero-order valence-electron chi connectivity index (χ0n) is 10.7. The number of halogens is 2. The van der Waals surface area contributed by atoms with Gasteiger partial charge in [0.2, 0.25) is 0 Å². The summed E-state index contributed by atoms with van der Waals surface area (Å²) < 4.78 is 2.40. The molecular weight excluding hydrogens is 423 g/mol. The van der Waals surface area contributed by atoms with Crippen molar-refractivity contribution in [3.8, 4) is 22.3 Å². The van der Waals surface area contributed by atoms with Crippen LogP contribution >= 0.6 is 38.5 Å². The Morgan fingerprint density at radius 2 is 1.05 bits per heavy atom. The van der Waals surface area contributed by atoms with Crippen LogP contribution in [-0.2, 0) is 0 Å². The van der Waals surface area contributed by atoms with E-state index >= 15 is 0 Å². The van der Waals surface area contributed by atoms with Gasteiger partial charge < -0.3 is 0 Å². The fourth-order valence-corrected chi connectivity index (χ4v) is 3.59. The molecule has 0 saturated heterocycles. The summed E-state index contributed by atoms with van der Waals surface area (Å²) in [6, 6.07) is 25.3. The Morgan fingerprint density at radius 1 is 0.600 bits per heavy atom. The summed E-state index contributed by atoms with van der Waals surface area (Å²) in [6.45, 7) is 0. The average molecular weight is 435 g/mol. The lowest BCUT2D eigenvalue weighted by molar-refractivity contribution is 1.52. The largest absolute Gasteiger partial charge is 0.0622 e. The van der Waals surface area contributed by atoms with Gasteiger partial charge in [-0.3, -0.25) is 0 Å². The predicted molar refractivity (Wildman–Crippen MR) is 97.7 cm³/mol. The van der Waals surface area contributed by atoms with Gasteiger partial charge in [0, 0.05) is 8.04 Å². The van der Waals surface area contributed by atoms with Crippen molar-refractivity contribution in [2.24, 2.45) is 0 Å². The van der Waals surface area contributed by atoms with E-state index in [2.05, 4.69) is 99.2 Å². The lowest BCUT2D eigenvalue weighted by atomic mass is 10.0. The van der Waals surface area contributed by atoms with Gasteiger partial charge in [0.15, 0.2) is 0 Å². The van der Waals surface area contributed by atoms with Crippen LogP contribution in [0.5, 0.6) is 0 Å². The average Bonchev–Trinajstić information content (AvgIpc) is 2.52. The fourth-order valence-electron chi connectivity index (χ4n) is 2.23. The van der Waals surface area contributed by atoms with Gasteiger partial charge in [0.05, 0.1) is 0 Å². The van der Waals surface area contributed by atoms with Crippen molar-refractivity contribution in [2.75, 3.05) is 0 Å². The molecule has 0 aliphatic heterocycles. The first-order valence-corrected chi connectivity index (χ1v) is 8.23. The summed E-state index contributed by atoms with van der Waals surface area (Å²) in [5.74, 6) is 0. The van der Waals surface area contributed by atoms with Crippen LogP contribution in [0, 0.1) is 3.57 Å². The van der Waals surface area contributed by atoms with E-state index in [9.17, 15) is 0 Å². The minimum absolute atomic E-state index is 1.16. The van der Waals surface area contributed by atoms with Crippen molar-refractivity contribution >= 4 is 38.5 Å². The molecule has 3 aromatic carbocycles. The molecule has 0 aliphatic rings. The fraction of sp³-hybridized carbons (Fsp3) is 0. The Bertz CT molecular complexity index is 657. The molecule has 0 heterocycles. The summed E-state index contributed by atoms with van der Waals surface area (Å²) in [7, 11) is 0. The van der Waals surface area contributed by atoms with Crippen LogP contribution in [0.4, 0.5) is 0 Å². The van der Waals surface area contributed by atoms with E-state index in [1.807, 2.05) is 12.1 Å². The van der Waals surface area contributed by atoms with Crippen LogP contribution in [0.15, 0.2) is 77.3 Å². The molecule has 0 atom stereocenters. The number of hydrogen-bond donors (Lipinski definition) is 0. The SMILES string of the molecule is Brc1c(-c2ccccc2)ccc(-c2ccccc2)c1I. The minimum Gasteiger partial charge on any atom is -0.0622 e. The Kier molecular flexibility index (Phi) is 4.22. The molecule has 0 spiro atoms. The van der Waals surface area contributed by atoms with Gasteiger partial charge in [-0.05, 0) is 60.8 Å². The molecule has 2 heteroatoms. The van der Waals surface area contributed by atoms with Gasteiger partial charge in [-0.25, -0.2) is 0 Å². The summed E-state index contributed by atoms with van der Waals surface area (Å²) in [5, 5.41) is 0. The molecule has 0 fully saturated rings. The van der Waals surface area contributed by atoms with E-state index in [0.717, 1.165) is 4.47 Å². The molecule has 0 saturated carbocycles. The van der Waals surface area contributed by atoms with E-state index in [1.54, 1.807) is 0 Å². The molecule has 0 aromatic heterocycles. The Labute approximate surface area is 141 Å². The zero-order chi connectivity index (χ0) is 13.9. The normalized spacial score (nSPS) is 10.5. The molecule has 0 bridgehead atoms. The monoisotopic (exact) mass is 434 g/mol. The topological polar surface area (TPSA) is 0 Å². The standard InChI is InChI=1S/C18H12BrI/c19-17-15(13-7-3-1-4-8-13)11-12-16(18(17)20)14-9-5-2-6-10-14/h1-12H. The molecule has 0 aliphatic carbocycles. The predicted octanol–water partition coefficient (Wildman–Crippen LogP) is 6.39. The first-order chi connectivity index (χ1) is 9.77. The maximum Gasteiger partial charge on any atom is 0.0393 e. The molecule has 0 amide bonds. The van der Waals surface area contributed by atoms with Crippen molar-refractivity contribution in [2.45, 2.75) is 0 Å². The van der Waals surface area contributed by atoms with E-state index in [4.69, 9.17) is 0 Å². The quantitative estimate of drug-likeness (QED) is 0.410. The third-order valence-corrected chi connectivity index (χ3v) is 5.94. The minimum atomic E-state index is 1.16. The second-order valence-corrected chi connectivity index (χ2v) is 6.39. The van der Waals surface area contributed by atoms with E-state index in [1.165, 1.54) is 25.8 Å². The lowest BCUT2D eigenvalue weighted by Gasteiger charge is -2.11. The Balaban J connectivity index is 2.13. The molecule has 0 radical (unpaired) electrons. The van der Waals surface area contributed by atoms with Crippen LogP contribution in [0.3, 0.4) is 0 Å². The first kappa shape index (κ1) is 13.8. The van der Waals surface area contributed by atoms with E-state index in [-0.39, 0.29) is 0 Å². The Morgan fingerprint density at radius 3 is 1.60 bits per heavy atom. The molecule has 3 aromatic rings. The van der Waals surface area contributed by atoms with E-state index < -0.39 is 0 Å². The van der Waals surface area contributed by atoms with Crippen molar-refractivity contribution < 1.29 is 0 Å². The highest BCUT2D eigenvalue weighted by molar-refractivity contribution is 14.1. The van der Waals surface area contributed by atoms with Gasteiger partial charge in [-0.1, -0.05) is 72.8 Å². The van der Waals surface area contributed by atoms with Gasteiger partial charge in [-0.2, -0.15) is 0 Å². The molecule has 20 heavy (non-hydrogen) atoms. The summed E-state index contributed by atoms with van der Waals surface area (Å²) in [4.78, 5) is 0. The lowest BCUT2D eigenvalue weighted by Crippen LogP contribution is -1.88. The number of hydrogen-bond acceptors (Lipinski definition) is 0. The van der Waals surface area contributed by atoms with Gasteiger partial charge in [0.25, 0.3) is 0 Å². The van der Waals surface area contributed by atoms with Crippen LogP contribution in [0.25, 0.3) is 22.3 Å². The van der Waals surface area contributed by atoms with Gasteiger partial charge in [-0.15, -0.1) is 0 Å². The molecule has 0 N–H and O–H groups in total. The van der Waals surface area contributed by atoms with Crippen LogP contribution in [-0.4, -0.2) is 0 Å². The van der Waals surface area contributed by atoms with Crippen LogP contribution < -0.4 is 0 Å². The third kappa shape index (κ3) is 2.67. The van der Waals surface area contributed by atoms with Crippen LogP contribution in [0.1, 0.15) is 0 Å². The highest BCUT2D eigenvalue weighted by Gasteiger charge is 2.11. The highest BCUT2D eigenvalue weighted by atomic mass is 127. The van der Waals surface area contributed by atoms with Crippen molar-refractivity contribution in [3.05, 3.63) is 80.8 Å².